The van der Waals surface area contributed by atoms with Crippen LogP contribution in [0.1, 0.15) is 25.8 Å². The Balaban J connectivity index is 2.04. The average molecular weight is 358 g/mol. The molecule has 0 fully saturated rings. The summed E-state index contributed by atoms with van der Waals surface area (Å²) in [6, 6.07) is 7.96. The zero-order valence-electron chi connectivity index (χ0n) is 14.9. The highest BCUT2D eigenvalue weighted by atomic mass is 32.2. The molecule has 0 aliphatic carbocycles. The van der Waals surface area contributed by atoms with Gasteiger partial charge in [-0.25, -0.2) is 0 Å². The van der Waals surface area contributed by atoms with E-state index in [9.17, 15) is 4.79 Å². The molecule has 3 aromatic rings. The van der Waals surface area contributed by atoms with E-state index in [0.29, 0.717) is 11.7 Å². The number of aromatic nitrogens is 3. The molecule has 0 spiro atoms. The Kier molecular flexibility index (Phi) is 5.13. The summed E-state index contributed by atoms with van der Waals surface area (Å²) in [4.78, 5) is 12.2. The van der Waals surface area contributed by atoms with E-state index in [-0.39, 0.29) is 11.2 Å². The summed E-state index contributed by atoms with van der Waals surface area (Å²) in [6.07, 6.45) is 0.917. The van der Waals surface area contributed by atoms with Crippen LogP contribution in [0.15, 0.2) is 29.4 Å². The van der Waals surface area contributed by atoms with E-state index in [4.69, 9.17) is 4.74 Å². The van der Waals surface area contributed by atoms with Gasteiger partial charge in [0, 0.05) is 18.0 Å². The van der Waals surface area contributed by atoms with E-state index in [1.54, 1.807) is 7.11 Å². The highest BCUT2D eigenvalue weighted by molar-refractivity contribution is 8.00. The first-order valence-electron chi connectivity index (χ1n) is 8.32. The van der Waals surface area contributed by atoms with Crippen molar-refractivity contribution in [2.45, 2.75) is 37.6 Å². The number of methoxy groups -OCH3 is 1. The number of pyridine rings is 1. The van der Waals surface area contributed by atoms with Crippen LogP contribution in [0.4, 0.5) is 0 Å². The van der Waals surface area contributed by atoms with Crippen molar-refractivity contribution < 1.29 is 9.53 Å². The Morgan fingerprint density at radius 3 is 2.88 bits per heavy atom. The fourth-order valence-electron chi connectivity index (χ4n) is 2.71. The van der Waals surface area contributed by atoms with E-state index >= 15 is 0 Å². The van der Waals surface area contributed by atoms with Crippen LogP contribution in [0.5, 0.6) is 5.75 Å². The molecule has 7 heteroatoms. The SMILES string of the molecule is CCCNC(=O)C(C)Sc1nnc2cc(C)c3ccc(OC)cc3n12. The number of ether oxygens (including phenoxy) is 1. The molecule has 6 nitrogen and oxygen atoms in total. The number of carbonyl (C=O) groups excluding carboxylic acids is 1. The maximum Gasteiger partial charge on any atom is 0.233 e. The Bertz CT molecular complexity index is 922. The lowest BCUT2D eigenvalue weighted by atomic mass is 10.1. The minimum Gasteiger partial charge on any atom is -0.497 e. The molecule has 0 saturated carbocycles. The van der Waals surface area contributed by atoms with Crippen LogP contribution in [-0.4, -0.2) is 39.4 Å². The fraction of sp³-hybridized carbons (Fsp3) is 0.389. The molecule has 132 valence electrons. The molecule has 0 bridgehead atoms. The fourth-order valence-corrected chi connectivity index (χ4v) is 3.60. The second-order valence-corrected chi connectivity index (χ2v) is 7.25. The molecule has 1 atom stereocenters. The molecular formula is C18H22N4O2S. The van der Waals surface area contributed by atoms with Gasteiger partial charge in [0.1, 0.15) is 5.75 Å². The van der Waals surface area contributed by atoms with Gasteiger partial charge in [0.05, 0.1) is 17.9 Å². The number of hydrogen-bond acceptors (Lipinski definition) is 5. The van der Waals surface area contributed by atoms with E-state index in [1.807, 2.05) is 42.5 Å². The number of benzene rings is 1. The van der Waals surface area contributed by atoms with Crippen LogP contribution in [0, 0.1) is 6.92 Å². The lowest BCUT2D eigenvalue weighted by Crippen LogP contribution is -2.31. The van der Waals surface area contributed by atoms with Crippen molar-refractivity contribution in [3.8, 4) is 5.75 Å². The number of thioether (sulfide) groups is 1. The van der Waals surface area contributed by atoms with Crippen LogP contribution in [-0.2, 0) is 4.79 Å². The van der Waals surface area contributed by atoms with Gasteiger partial charge < -0.3 is 10.1 Å². The largest absolute Gasteiger partial charge is 0.497 e. The standard InChI is InChI=1S/C18H22N4O2S/c1-5-8-19-17(23)12(3)25-18-21-20-16-9-11(2)14-7-6-13(24-4)10-15(14)22(16)18/h6-7,9-10,12H,5,8H2,1-4H3,(H,19,23). The summed E-state index contributed by atoms with van der Waals surface area (Å²) in [6.45, 7) is 6.65. The van der Waals surface area contributed by atoms with Gasteiger partial charge in [0.25, 0.3) is 0 Å². The van der Waals surface area contributed by atoms with Gasteiger partial charge in [0.2, 0.25) is 5.91 Å². The molecule has 1 aromatic carbocycles. The second-order valence-electron chi connectivity index (χ2n) is 5.94. The van der Waals surface area contributed by atoms with Crippen LogP contribution in [0.3, 0.4) is 0 Å². The Hall–Kier alpha value is -2.28. The Morgan fingerprint density at radius 2 is 2.16 bits per heavy atom. The van der Waals surface area contributed by atoms with Crippen LogP contribution in [0.2, 0.25) is 0 Å². The third kappa shape index (κ3) is 3.42. The molecule has 3 rings (SSSR count). The molecule has 0 aliphatic heterocycles. The molecule has 2 aromatic heterocycles. The number of nitrogens with one attached hydrogen (secondary N) is 1. The summed E-state index contributed by atoms with van der Waals surface area (Å²) in [5, 5.41) is 13.1. The maximum atomic E-state index is 12.2. The van der Waals surface area contributed by atoms with Crippen molar-refractivity contribution in [1.82, 2.24) is 19.9 Å². The van der Waals surface area contributed by atoms with E-state index in [0.717, 1.165) is 34.3 Å². The number of aryl methyl sites for hydroxylation is 1. The van der Waals surface area contributed by atoms with E-state index in [1.165, 1.54) is 11.8 Å². The molecule has 0 aliphatic rings. The summed E-state index contributed by atoms with van der Waals surface area (Å²) >= 11 is 1.41. The zero-order valence-corrected chi connectivity index (χ0v) is 15.7. The number of rotatable bonds is 6. The smallest absolute Gasteiger partial charge is 0.233 e. The number of fused-ring (bicyclic) bond motifs is 3. The first-order chi connectivity index (χ1) is 12.0. The van der Waals surface area contributed by atoms with E-state index in [2.05, 4.69) is 22.4 Å². The van der Waals surface area contributed by atoms with Crippen molar-refractivity contribution in [2.75, 3.05) is 13.7 Å². The Labute approximate surface area is 151 Å². The normalized spacial score (nSPS) is 12.5. The highest BCUT2D eigenvalue weighted by Crippen LogP contribution is 2.30. The number of hydrogen-bond donors (Lipinski definition) is 1. The number of amides is 1. The predicted molar refractivity (Wildman–Crippen MR) is 100 cm³/mol. The number of nitrogens with zero attached hydrogens (tertiary/aromatic N) is 3. The van der Waals surface area contributed by atoms with Crippen molar-refractivity contribution >= 4 is 34.2 Å². The lowest BCUT2D eigenvalue weighted by molar-refractivity contribution is -0.120. The molecule has 2 heterocycles. The molecule has 25 heavy (non-hydrogen) atoms. The van der Waals surface area contributed by atoms with Crippen LogP contribution >= 0.6 is 11.8 Å². The summed E-state index contributed by atoms with van der Waals surface area (Å²) in [7, 11) is 1.65. The van der Waals surface area contributed by atoms with Gasteiger partial charge in [0.15, 0.2) is 10.8 Å². The van der Waals surface area contributed by atoms with Crippen molar-refractivity contribution in [3.05, 3.63) is 29.8 Å². The lowest BCUT2D eigenvalue weighted by Gasteiger charge is -2.12. The zero-order chi connectivity index (χ0) is 18.0. The average Bonchev–Trinajstić information content (AvgIpc) is 3.01. The highest BCUT2D eigenvalue weighted by Gasteiger charge is 2.19. The Morgan fingerprint density at radius 1 is 1.36 bits per heavy atom. The van der Waals surface area contributed by atoms with Gasteiger partial charge in [-0.15, -0.1) is 10.2 Å². The molecular weight excluding hydrogens is 336 g/mol. The van der Waals surface area contributed by atoms with Gasteiger partial charge in [-0.2, -0.15) is 0 Å². The van der Waals surface area contributed by atoms with Crippen molar-refractivity contribution in [3.63, 3.8) is 0 Å². The monoisotopic (exact) mass is 358 g/mol. The van der Waals surface area contributed by atoms with Crippen LogP contribution < -0.4 is 10.1 Å². The van der Waals surface area contributed by atoms with Gasteiger partial charge in [-0.1, -0.05) is 18.7 Å². The first kappa shape index (κ1) is 17.5. The predicted octanol–water partition coefficient (Wildman–Crippen LogP) is 3.21. The number of carbonyl (C=O) groups is 1. The molecule has 1 amide bonds. The summed E-state index contributed by atoms with van der Waals surface area (Å²) < 4.78 is 7.35. The summed E-state index contributed by atoms with van der Waals surface area (Å²) in [5.74, 6) is 0.787. The van der Waals surface area contributed by atoms with Gasteiger partial charge >= 0.3 is 0 Å². The third-order valence-electron chi connectivity index (χ3n) is 4.08. The summed E-state index contributed by atoms with van der Waals surface area (Å²) in [5.41, 5.74) is 2.87. The minimum atomic E-state index is -0.249. The van der Waals surface area contributed by atoms with Gasteiger partial charge in [-0.3, -0.25) is 9.20 Å². The van der Waals surface area contributed by atoms with Crippen molar-refractivity contribution in [1.29, 1.82) is 0 Å². The molecule has 0 saturated heterocycles. The first-order valence-corrected chi connectivity index (χ1v) is 9.20. The quantitative estimate of drug-likeness (QED) is 0.685. The topological polar surface area (TPSA) is 68.5 Å². The molecule has 0 radical (unpaired) electrons. The molecule has 1 N–H and O–H groups in total. The van der Waals surface area contributed by atoms with Gasteiger partial charge in [-0.05, 0) is 44.0 Å². The van der Waals surface area contributed by atoms with E-state index < -0.39 is 0 Å². The maximum absolute atomic E-state index is 12.2. The van der Waals surface area contributed by atoms with Crippen LogP contribution in [0.25, 0.3) is 16.6 Å². The third-order valence-corrected chi connectivity index (χ3v) is 5.12. The van der Waals surface area contributed by atoms with Crippen molar-refractivity contribution in [2.24, 2.45) is 0 Å². The molecule has 1 unspecified atom stereocenters. The minimum absolute atomic E-state index is 0.0117. The second kappa shape index (κ2) is 7.31.